The molecule has 0 saturated heterocycles. The Hall–Kier alpha value is -2.28. The van der Waals surface area contributed by atoms with Crippen LogP contribution in [0.4, 0.5) is 4.39 Å². The highest BCUT2D eigenvalue weighted by Crippen LogP contribution is 2.16. The van der Waals surface area contributed by atoms with Gasteiger partial charge in [-0.3, -0.25) is 9.78 Å². The first-order valence-corrected chi connectivity index (χ1v) is 8.62. The summed E-state index contributed by atoms with van der Waals surface area (Å²) in [4.78, 5) is 22.7. The Morgan fingerprint density at radius 3 is 2.96 bits per heavy atom. The molecule has 2 heterocycles. The van der Waals surface area contributed by atoms with Gasteiger partial charge in [0.15, 0.2) is 0 Å². The maximum absolute atomic E-state index is 12.9. The summed E-state index contributed by atoms with van der Waals surface area (Å²) in [6.07, 6.45) is 2.97. The quantitative estimate of drug-likeness (QED) is 0.874. The Morgan fingerprint density at radius 1 is 1.46 bits per heavy atom. The number of carbonyl (C=O) groups is 1. The van der Waals surface area contributed by atoms with Gasteiger partial charge in [0, 0.05) is 36.4 Å². The van der Waals surface area contributed by atoms with Crippen molar-refractivity contribution in [3.8, 4) is 0 Å². The fourth-order valence-corrected chi connectivity index (χ4v) is 3.27. The highest BCUT2D eigenvalue weighted by Gasteiger charge is 2.28. The van der Waals surface area contributed by atoms with Gasteiger partial charge < -0.3 is 10.2 Å². The lowest BCUT2D eigenvalue weighted by Crippen LogP contribution is -2.41. The van der Waals surface area contributed by atoms with Crippen molar-refractivity contribution in [3.63, 3.8) is 0 Å². The van der Waals surface area contributed by atoms with Crippen LogP contribution >= 0.6 is 11.3 Å². The van der Waals surface area contributed by atoms with Gasteiger partial charge in [0.1, 0.15) is 5.82 Å². The molecule has 3 rings (SSSR count). The second-order valence-corrected chi connectivity index (χ2v) is 6.81. The number of oxime groups is 1. The third-order valence-corrected chi connectivity index (χ3v) is 4.53. The molecule has 0 saturated carbocycles. The van der Waals surface area contributed by atoms with Crippen molar-refractivity contribution in [2.24, 2.45) is 5.16 Å². The number of nitrogens with zero attached hydrogens (tertiary/aromatic N) is 2. The predicted octanol–water partition coefficient (Wildman–Crippen LogP) is 2.72. The summed E-state index contributed by atoms with van der Waals surface area (Å²) in [6, 6.07) is 6.25. The van der Waals surface area contributed by atoms with Gasteiger partial charge in [-0.1, -0.05) is 17.3 Å². The third kappa shape index (κ3) is 4.38. The first kappa shape index (κ1) is 16.6. The van der Waals surface area contributed by atoms with Gasteiger partial charge in [-0.15, -0.1) is 11.3 Å². The second kappa shape index (κ2) is 7.53. The molecular formula is C17H18FN3O2S. The number of hydrogen-bond donors (Lipinski definition) is 1. The van der Waals surface area contributed by atoms with E-state index in [1.807, 2.05) is 13.1 Å². The van der Waals surface area contributed by atoms with Gasteiger partial charge in [-0.25, -0.2) is 4.39 Å². The molecule has 2 aromatic rings. The van der Waals surface area contributed by atoms with Crippen molar-refractivity contribution < 1.29 is 14.0 Å². The Kier molecular flexibility index (Phi) is 5.20. The van der Waals surface area contributed by atoms with E-state index in [4.69, 9.17) is 4.84 Å². The molecule has 1 aliphatic heterocycles. The normalized spacial score (nSPS) is 17.9. The number of carbonyl (C=O) groups excluding carboxylic acids is 1. The fraction of sp³-hybridized carbons (Fsp3) is 0.353. The maximum Gasteiger partial charge on any atom is 0.264 e. The third-order valence-electron chi connectivity index (χ3n) is 3.72. The van der Waals surface area contributed by atoms with Crippen molar-refractivity contribution in [1.29, 1.82) is 0 Å². The zero-order chi connectivity index (χ0) is 16.9. The molecular weight excluding hydrogens is 329 g/mol. The first-order valence-electron chi connectivity index (χ1n) is 7.74. The van der Waals surface area contributed by atoms with E-state index in [1.54, 1.807) is 29.0 Å². The summed E-state index contributed by atoms with van der Waals surface area (Å²) >= 11 is 1.57. The van der Waals surface area contributed by atoms with Gasteiger partial charge in [-0.05, 0) is 24.6 Å². The topological polar surface area (TPSA) is 63.6 Å². The van der Waals surface area contributed by atoms with E-state index in [0.29, 0.717) is 12.8 Å². The van der Waals surface area contributed by atoms with Crippen LogP contribution in [-0.2, 0) is 22.5 Å². The Morgan fingerprint density at radius 2 is 2.25 bits per heavy atom. The van der Waals surface area contributed by atoms with Gasteiger partial charge in [0.05, 0.1) is 11.2 Å². The fourth-order valence-electron chi connectivity index (χ4n) is 2.54. The van der Waals surface area contributed by atoms with Crippen LogP contribution in [-0.4, -0.2) is 28.7 Å². The number of benzene rings is 1. The molecule has 1 aromatic heterocycles. The highest BCUT2D eigenvalue weighted by molar-refractivity contribution is 7.09. The molecule has 1 aliphatic rings. The average Bonchev–Trinajstić information content (AvgIpc) is 3.21. The van der Waals surface area contributed by atoms with Crippen molar-refractivity contribution in [2.45, 2.75) is 38.3 Å². The van der Waals surface area contributed by atoms with E-state index in [-0.39, 0.29) is 17.8 Å². The minimum Gasteiger partial charge on any atom is -0.382 e. The number of thiazole rings is 1. The zero-order valence-electron chi connectivity index (χ0n) is 13.2. The standard InChI is InChI=1S/C17H18FN3O2S/c1-11(6-15-9-19-10-24-15)20-17(22)16-8-14(21-23-16)7-12-2-4-13(18)5-3-12/h2-5,9-11,16H,6-8H2,1H3,(H,20,22). The van der Waals surface area contributed by atoms with Crippen molar-refractivity contribution >= 4 is 23.0 Å². The van der Waals surface area contributed by atoms with Crippen LogP contribution in [0, 0.1) is 5.82 Å². The van der Waals surface area contributed by atoms with Crippen LogP contribution in [0.1, 0.15) is 23.8 Å². The average molecular weight is 347 g/mol. The monoisotopic (exact) mass is 347 g/mol. The number of hydrogen-bond acceptors (Lipinski definition) is 5. The van der Waals surface area contributed by atoms with Crippen LogP contribution in [0.25, 0.3) is 0 Å². The smallest absolute Gasteiger partial charge is 0.264 e. The second-order valence-electron chi connectivity index (χ2n) is 5.84. The lowest BCUT2D eigenvalue weighted by atomic mass is 10.0. The number of amides is 1. The lowest BCUT2D eigenvalue weighted by molar-refractivity contribution is -0.131. The summed E-state index contributed by atoms with van der Waals surface area (Å²) in [5.74, 6) is -0.430. The first-order chi connectivity index (χ1) is 11.6. The van der Waals surface area contributed by atoms with E-state index in [2.05, 4.69) is 15.5 Å². The van der Waals surface area contributed by atoms with E-state index in [0.717, 1.165) is 22.6 Å². The van der Waals surface area contributed by atoms with E-state index >= 15 is 0 Å². The molecule has 126 valence electrons. The summed E-state index contributed by atoms with van der Waals surface area (Å²) < 4.78 is 12.9. The van der Waals surface area contributed by atoms with Gasteiger partial charge >= 0.3 is 0 Å². The van der Waals surface area contributed by atoms with Crippen LogP contribution in [0.5, 0.6) is 0 Å². The molecule has 24 heavy (non-hydrogen) atoms. The number of aromatic nitrogens is 1. The van der Waals surface area contributed by atoms with Gasteiger partial charge in [0.2, 0.25) is 6.10 Å². The Balaban J connectivity index is 1.47. The summed E-state index contributed by atoms with van der Waals surface area (Å²) in [5, 5.41) is 6.94. The summed E-state index contributed by atoms with van der Waals surface area (Å²) in [6.45, 7) is 1.95. The molecule has 2 atom stereocenters. The molecule has 1 N–H and O–H groups in total. The van der Waals surface area contributed by atoms with E-state index in [9.17, 15) is 9.18 Å². The summed E-state index contributed by atoms with van der Waals surface area (Å²) in [5.41, 5.74) is 3.51. The Labute approximate surface area is 143 Å². The van der Waals surface area contributed by atoms with Gasteiger partial charge in [-0.2, -0.15) is 0 Å². The van der Waals surface area contributed by atoms with E-state index in [1.165, 1.54) is 12.1 Å². The molecule has 0 radical (unpaired) electrons. The predicted molar refractivity (Wildman–Crippen MR) is 90.5 cm³/mol. The van der Waals surface area contributed by atoms with Crippen molar-refractivity contribution in [1.82, 2.24) is 10.3 Å². The lowest BCUT2D eigenvalue weighted by Gasteiger charge is -2.15. The molecule has 2 unspecified atom stereocenters. The minimum absolute atomic E-state index is 0.00250. The van der Waals surface area contributed by atoms with Crippen molar-refractivity contribution in [2.75, 3.05) is 0 Å². The van der Waals surface area contributed by atoms with Crippen LogP contribution < -0.4 is 5.32 Å². The van der Waals surface area contributed by atoms with Gasteiger partial charge in [0.25, 0.3) is 5.91 Å². The minimum atomic E-state index is -0.593. The number of rotatable bonds is 6. The van der Waals surface area contributed by atoms with E-state index < -0.39 is 6.10 Å². The number of nitrogens with one attached hydrogen (secondary N) is 1. The largest absolute Gasteiger partial charge is 0.382 e. The molecule has 1 amide bonds. The maximum atomic E-state index is 12.9. The SMILES string of the molecule is CC(Cc1cncs1)NC(=O)C1CC(Cc2ccc(F)cc2)=NO1. The summed E-state index contributed by atoms with van der Waals surface area (Å²) in [7, 11) is 0. The Bertz CT molecular complexity index is 716. The highest BCUT2D eigenvalue weighted by atomic mass is 32.1. The molecule has 0 fully saturated rings. The molecule has 0 spiro atoms. The molecule has 7 heteroatoms. The molecule has 0 aliphatic carbocycles. The van der Waals surface area contributed by atoms with Crippen LogP contribution in [0.15, 0.2) is 41.1 Å². The zero-order valence-corrected chi connectivity index (χ0v) is 14.1. The van der Waals surface area contributed by atoms with Crippen LogP contribution in [0.3, 0.4) is 0 Å². The molecule has 5 nitrogen and oxygen atoms in total. The molecule has 0 bridgehead atoms. The number of halogens is 1. The van der Waals surface area contributed by atoms with Crippen LogP contribution in [0.2, 0.25) is 0 Å². The molecule has 1 aromatic carbocycles. The van der Waals surface area contributed by atoms with Crippen molar-refractivity contribution in [3.05, 3.63) is 52.2 Å².